The number of hydrogen-bond donors (Lipinski definition) is 2. The molecular weight excluding hydrogens is 162 g/mol. The fourth-order valence-corrected chi connectivity index (χ4v) is 0.843. The van der Waals surface area contributed by atoms with Gasteiger partial charge in [0.25, 0.3) is 0 Å². The Bertz CT molecular complexity index is 82.8. The van der Waals surface area contributed by atoms with Crippen LogP contribution in [-0.4, -0.2) is 38.8 Å². The zero-order valence-corrected chi connectivity index (χ0v) is 8.06. The van der Waals surface area contributed by atoms with Crippen LogP contribution in [0.3, 0.4) is 0 Å². The quantitative estimate of drug-likeness (QED) is 0.339. The molecule has 0 saturated heterocycles. The van der Waals surface area contributed by atoms with Gasteiger partial charge in [0.2, 0.25) is 0 Å². The van der Waals surface area contributed by atoms with Crippen LogP contribution in [0.15, 0.2) is 0 Å². The lowest BCUT2D eigenvalue weighted by atomic mass is 10.6. The predicted molar refractivity (Wildman–Crippen MR) is 49.1 cm³/mol. The van der Waals surface area contributed by atoms with Crippen molar-refractivity contribution in [2.24, 2.45) is 0 Å². The summed E-state index contributed by atoms with van der Waals surface area (Å²) in [6.07, 6.45) is -0.156. The summed E-state index contributed by atoms with van der Waals surface area (Å²) in [6, 6.07) is 0. The fraction of sp³-hybridized carbons (Fsp3) is 1.00. The van der Waals surface area contributed by atoms with E-state index in [0.717, 1.165) is 6.54 Å². The first-order valence-corrected chi connectivity index (χ1v) is 4.47. The van der Waals surface area contributed by atoms with Crippen molar-refractivity contribution in [2.75, 3.05) is 32.6 Å². The van der Waals surface area contributed by atoms with Crippen molar-refractivity contribution in [1.29, 1.82) is 0 Å². The first-order chi connectivity index (χ1) is 5.35. The monoisotopic (exact) mass is 179 g/mol. The SMILES string of the molecule is CCOC(CS)OCCNC. The largest absolute Gasteiger partial charge is 0.352 e. The maximum atomic E-state index is 5.31. The van der Waals surface area contributed by atoms with E-state index < -0.39 is 0 Å². The summed E-state index contributed by atoms with van der Waals surface area (Å²) in [5.74, 6) is 0.609. The summed E-state index contributed by atoms with van der Waals surface area (Å²) in [4.78, 5) is 0. The second-order valence-corrected chi connectivity index (χ2v) is 2.41. The molecule has 0 bridgehead atoms. The van der Waals surface area contributed by atoms with E-state index in [4.69, 9.17) is 9.47 Å². The Balaban J connectivity index is 3.20. The molecule has 0 rings (SSSR count). The van der Waals surface area contributed by atoms with Crippen LogP contribution in [0.1, 0.15) is 6.92 Å². The Morgan fingerprint density at radius 2 is 2.18 bits per heavy atom. The van der Waals surface area contributed by atoms with E-state index in [-0.39, 0.29) is 6.29 Å². The summed E-state index contributed by atoms with van der Waals surface area (Å²) < 4.78 is 10.5. The van der Waals surface area contributed by atoms with Gasteiger partial charge in [-0.25, -0.2) is 0 Å². The lowest BCUT2D eigenvalue weighted by molar-refractivity contribution is -0.122. The van der Waals surface area contributed by atoms with Crippen molar-refractivity contribution in [2.45, 2.75) is 13.2 Å². The number of ether oxygens (including phenoxy) is 2. The summed E-state index contributed by atoms with van der Waals surface area (Å²) in [5.41, 5.74) is 0. The molecule has 0 amide bonds. The molecule has 0 aliphatic rings. The molecule has 0 heterocycles. The average Bonchev–Trinajstić information content (AvgIpc) is 2.03. The first kappa shape index (κ1) is 11.2. The fourth-order valence-electron chi connectivity index (χ4n) is 0.632. The van der Waals surface area contributed by atoms with Gasteiger partial charge in [0, 0.05) is 18.9 Å². The van der Waals surface area contributed by atoms with Crippen molar-refractivity contribution in [3.05, 3.63) is 0 Å². The minimum atomic E-state index is -0.156. The smallest absolute Gasteiger partial charge is 0.166 e. The molecule has 0 saturated carbocycles. The second kappa shape index (κ2) is 8.33. The molecule has 68 valence electrons. The maximum Gasteiger partial charge on any atom is 0.166 e. The molecule has 4 heteroatoms. The number of nitrogens with one attached hydrogen (secondary N) is 1. The van der Waals surface area contributed by atoms with Gasteiger partial charge in [0.05, 0.1) is 6.61 Å². The third-order valence-electron chi connectivity index (χ3n) is 1.16. The summed E-state index contributed by atoms with van der Waals surface area (Å²) >= 11 is 4.08. The van der Waals surface area contributed by atoms with Crippen LogP contribution in [0, 0.1) is 0 Å². The number of rotatable bonds is 7. The molecule has 0 aromatic carbocycles. The number of likely N-dealkylation sites (N-methyl/N-ethyl adjacent to an activating group) is 1. The topological polar surface area (TPSA) is 30.5 Å². The molecule has 0 aliphatic carbocycles. The lowest BCUT2D eigenvalue weighted by Crippen LogP contribution is -2.24. The van der Waals surface area contributed by atoms with E-state index in [9.17, 15) is 0 Å². The zero-order valence-electron chi connectivity index (χ0n) is 7.17. The van der Waals surface area contributed by atoms with E-state index in [1.165, 1.54) is 0 Å². The molecule has 0 radical (unpaired) electrons. The molecule has 0 aromatic heterocycles. The molecule has 11 heavy (non-hydrogen) atoms. The van der Waals surface area contributed by atoms with Crippen LogP contribution in [0.5, 0.6) is 0 Å². The minimum absolute atomic E-state index is 0.156. The van der Waals surface area contributed by atoms with Crippen molar-refractivity contribution in [3.63, 3.8) is 0 Å². The molecular formula is C7H17NO2S. The van der Waals surface area contributed by atoms with Gasteiger partial charge in [-0.15, -0.1) is 0 Å². The van der Waals surface area contributed by atoms with Crippen LogP contribution in [0.25, 0.3) is 0 Å². The second-order valence-electron chi connectivity index (χ2n) is 2.04. The third kappa shape index (κ3) is 6.62. The van der Waals surface area contributed by atoms with Crippen molar-refractivity contribution in [1.82, 2.24) is 5.32 Å². The maximum absolute atomic E-state index is 5.31. The molecule has 0 spiro atoms. The van der Waals surface area contributed by atoms with E-state index >= 15 is 0 Å². The van der Waals surface area contributed by atoms with Crippen molar-refractivity contribution in [3.8, 4) is 0 Å². The van der Waals surface area contributed by atoms with Gasteiger partial charge in [-0.05, 0) is 14.0 Å². The Morgan fingerprint density at radius 1 is 1.45 bits per heavy atom. The van der Waals surface area contributed by atoms with Gasteiger partial charge >= 0.3 is 0 Å². The standard InChI is InChI=1S/C7H17NO2S/c1-3-9-7(6-11)10-5-4-8-2/h7-8,11H,3-6H2,1-2H3. The summed E-state index contributed by atoms with van der Waals surface area (Å²) in [6.45, 7) is 4.13. The molecule has 1 atom stereocenters. The van der Waals surface area contributed by atoms with E-state index in [0.29, 0.717) is 19.0 Å². The van der Waals surface area contributed by atoms with Gasteiger partial charge in [0.15, 0.2) is 6.29 Å². The summed E-state index contributed by atoms with van der Waals surface area (Å²) in [5, 5.41) is 2.98. The van der Waals surface area contributed by atoms with Crippen molar-refractivity contribution < 1.29 is 9.47 Å². The molecule has 3 nitrogen and oxygen atoms in total. The minimum Gasteiger partial charge on any atom is -0.352 e. The molecule has 0 aliphatic heterocycles. The highest BCUT2D eigenvalue weighted by Crippen LogP contribution is 1.96. The lowest BCUT2D eigenvalue weighted by Gasteiger charge is -2.14. The van der Waals surface area contributed by atoms with E-state index in [1.54, 1.807) is 0 Å². The summed E-state index contributed by atoms with van der Waals surface area (Å²) in [7, 11) is 1.89. The third-order valence-corrected chi connectivity index (χ3v) is 1.46. The predicted octanol–water partition coefficient (Wildman–Crippen LogP) is 0.515. The molecule has 1 unspecified atom stereocenters. The van der Waals surface area contributed by atoms with Gasteiger partial charge in [0.1, 0.15) is 0 Å². The normalized spacial score (nSPS) is 13.4. The van der Waals surface area contributed by atoms with Crippen LogP contribution in [0.4, 0.5) is 0 Å². The van der Waals surface area contributed by atoms with Crippen LogP contribution >= 0.6 is 12.6 Å². The van der Waals surface area contributed by atoms with Gasteiger partial charge in [-0.1, -0.05) is 0 Å². The first-order valence-electron chi connectivity index (χ1n) is 3.83. The van der Waals surface area contributed by atoms with E-state index in [2.05, 4.69) is 17.9 Å². The highest BCUT2D eigenvalue weighted by molar-refractivity contribution is 7.80. The Labute approximate surface area is 73.9 Å². The van der Waals surface area contributed by atoms with Crippen LogP contribution in [0.2, 0.25) is 0 Å². The Hall–Kier alpha value is 0.230. The van der Waals surface area contributed by atoms with Gasteiger partial charge in [-0.2, -0.15) is 12.6 Å². The van der Waals surface area contributed by atoms with E-state index in [1.807, 2.05) is 14.0 Å². The zero-order chi connectivity index (χ0) is 8.53. The highest BCUT2D eigenvalue weighted by Gasteiger charge is 2.03. The van der Waals surface area contributed by atoms with Gasteiger partial charge < -0.3 is 14.8 Å². The Kier molecular flexibility index (Phi) is 8.50. The Morgan fingerprint density at radius 3 is 2.64 bits per heavy atom. The number of hydrogen-bond acceptors (Lipinski definition) is 4. The number of thiol groups is 1. The average molecular weight is 179 g/mol. The highest BCUT2D eigenvalue weighted by atomic mass is 32.1. The van der Waals surface area contributed by atoms with Crippen molar-refractivity contribution >= 4 is 12.6 Å². The molecule has 1 N–H and O–H groups in total. The van der Waals surface area contributed by atoms with Crippen LogP contribution < -0.4 is 5.32 Å². The molecule has 0 aromatic rings. The molecule has 0 fully saturated rings. The van der Waals surface area contributed by atoms with Crippen LogP contribution in [-0.2, 0) is 9.47 Å². The van der Waals surface area contributed by atoms with Gasteiger partial charge in [-0.3, -0.25) is 0 Å².